The quantitative estimate of drug-likeness (QED) is 0.168. The SMILES string of the molecule is c1ccc(-n2c3ccccc3c3ccc(-c4ccc5c(c4)c4ccc6ccccc6c4n5-c4ccc(-c5ccc6c7c(cccc57)-c5ccccc5-6)c5ccccc45)cc32)cc1. The summed E-state index contributed by atoms with van der Waals surface area (Å²) in [5.41, 5.74) is 17.4. The van der Waals surface area contributed by atoms with Crippen LogP contribution < -0.4 is 0 Å². The number of hydrogen-bond donors (Lipinski definition) is 0. The second kappa shape index (κ2) is 12.7. The van der Waals surface area contributed by atoms with Gasteiger partial charge in [-0.25, -0.2) is 0 Å². The summed E-state index contributed by atoms with van der Waals surface area (Å²) >= 11 is 0. The van der Waals surface area contributed by atoms with Crippen LogP contribution in [0.25, 0.3) is 132 Å². The summed E-state index contributed by atoms with van der Waals surface area (Å²) in [7, 11) is 0. The fraction of sp³-hybridized carbons (Fsp3) is 0. The van der Waals surface area contributed by atoms with Gasteiger partial charge in [0.25, 0.3) is 0 Å². The van der Waals surface area contributed by atoms with Crippen LogP contribution in [0.3, 0.4) is 0 Å². The van der Waals surface area contributed by atoms with Crippen LogP contribution in [0.1, 0.15) is 0 Å². The zero-order valence-corrected chi connectivity index (χ0v) is 33.7. The molecular formula is C60H36N2. The first-order valence-electron chi connectivity index (χ1n) is 21.5. The normalized spacial score (nSPS) is 12.2. The van der Waals surface area contributed by atoms with Crippen molar-refractivity contribution >= 4 is 75.9 Å². The van der Waals surface area contributed by atoms with E-state index < -0.39 is 0 Å². The van der Waals surface area contributed by atoms with E-state index in [1.165, 1.54) is 132 Å². The van der Waals surface area contributed by atoms with Crippen LogP contribution >= 0.6 is 0 Å². The molecule has 1 aliphatic carbocycles. The summed E-state index contributed by atoms with van der Waals surface area (Å²) in [5, 5.41) is 12.6. The lowest BCUT2D eigenvalue weighted by atomic mass is 9.91. The van der Waals surface area contributed by atoms with Gasteiger partial charge >= 0.3 is 0 Å². The highest BCUT2D eigenvalue weighted by Crippen LogP contribution is 2.50. The molecule has 0 bridgehead atoms. The van der Waals surface area contributed by atoms with Gasteiger partial charge in [-0.15, -0.1) is 0 Å². The minimum absolute atomic E-state index is 1.17. The Balaban J connectivity index is 0.997. The molecule has 0 N–H and O–H groups in total. The van der Waals surface area contributed by atoms with E-state index in [0.29, 0.717) is 0 Å². The van der Waals surface area contributed by atoms with Crippen molar-refractivity contribution in [2.75, 3.05) is 0 Å². The van der Waals surface area contributed by atoms with E-state index in [2.05, 4.69) is 228 Å². The Morgan fingerprint density at radius 3 is 1.71 bits per heavy atom. The first-order chi connectivity index (χ1) is 30.8. The van der Waals surface area contributed by atoms with Crippen molar-refractivity contribution in [1.82, 2.24) is 9.13 Å². The van der Waals surface area contributed by atoms with E-state index in [9.17, 15) is 0 Å². The van der Waals surface area contributed by atoms with Crippen molar-refractivity contribution in [1.29, 1.82) is 0 Å². The predicted molar refractivity (Wildman–Crippen MR) is 263 cm³/mol. The second-order valence-electron chi connectivity index (χ2n) is 16.8. The Bertz CT molecular complexity index is 4000. The van der Waals surface area contributed by atoms with Crippen molar-refractivity contribution in [3.8, 4) is 55.9 Å². The fourth-order valence-electron chi connectivity index (χ4n) is 11.0. The largest absolute Gasteiger partial charge is 0.309 e. The summed E-state index contributed by atoms with van der Waals surface area (Å²) < 4.78 is 4.94. The third-order valence-corrected chi connectivity index (χ3v) is 13.7. The summed E-state index contributed by atoms with van der Waals surface area (Å²) in [6, 6.07) is 81.0. The Morgan fingerprint density at radius 1 is 0.258 bits per heavy atom. The summed E-state index contributed by atoms with van der Waals surface area (Å²) in [5.74, 6) is 0. The van der Waals surface area contributed by atoms with Crippen LogP contribution in [-0.2, 0) is 0 Å². The number of aromatic nitrogens is 2. The van der Waals surface area contributed by atoms with Gasteiger partial charge in [-0.1, -0.05) is 176 Å². The molecule has 14 rings (SSSR count). The molecule has 62 heavy (non-hydrogen) atoms. The van der Waals surface area contributed by atoms with Crippen molar-refractivity contribution in [3.63, 3.8) is 0 Å². The van der Waals surface area contributed by atoms with Crippen molar-refractivity contribution in [3.05, 3.63) is 218 Å². The van der Waals surface area contributed by atoms with Crippen LogP contribution in [0, 0.1) is 0 Å². The minimum Gasteiger partial charge on any atom is -0.309 e. The lowest BCUT2D eigenvalue weighted by Gasteiger charge is -2.17. The molecule has 1 aliphatic rings. The molecule has 0 spiro atoms. The molecule has 0 fully saturated rings. The van der Waals surface area contributed by atoms with E-state index in [1.807, 2.05) is 0 Å². The monoisotopic (exact) mass is 784 g/mol. The average molecular weight is 785 g/mol. The summed E-state index contributed by atoms with van der Waals surface area (Å²) in [6.45, 7) is 0. The smallest absolute Gasteiger partial charge is 0.0619 e. The fourth-order valence-corrected chi connectivity index (χ4v) is 11.0. The van der Waals surface area contributed by atoms with E-state index in [-0.39, 0.29) is 0 Å². The lowest BCUT2D eigenvalue weighted by Crippen LogP contribution is -1.97. The molecule has 0 unspecified atom stereocenters. The van der Waals surface area contributed by atoms with Crippen molar-refractivity contribution in [2.45, 2.75) is 0 Å². The number of nitrogens with zero attached hydrogens (tertiary/aromatic N) is 2. The molecule has 286 valence electrons. The van der Waals surface area contributed by atoms with Gasteiger partial charge in [-0.2, -0.15) is 0 Å². The highest BCUT2D eigenvalue weighted by Gasteiger charge is 2.24. The Kier molecular flexibility index (Phi) is 6.86. The Morgan fingerprint density at radius 2 is 0.839 bits per heavy atom. The number of rotatable bonds is 4. The van der Waals surface area contributed by atoms with Crippen LogP contribution in [0.4, 0.5) is 0 Å². The third-order valence-electron chi connectivity index (χ3n) is 13.7. The standard InChI is InChI=1S/C60H36N2/c1-2-14-40(15-3-1)61-55-24-11-10-21-48(55)49-28-26-39(36-58(49)61)38-27-33-57-54(35-38)53-29-25-37-13-4-5-16-41(37)60(53)62(57)56-34-32-45(42-17-8-9-20-47(42)56)46-30-31-52-44-19-7-6-18-43(44)50-22-12-23-51(46)59(50)52/h1-36H. The summed E-state index contributed by atoms with van der Waals surface area (Å²) in [6.07, 6.45) is 0. The molecule has 2 heteroatoms. The van der Waals surface area contributed by atoms with Gasteiger partial charge in [-0.05, 0) is 109 Å². The highest BCUT2D eigenvalue weighted by molar-refractivity contribution is 6.22. The van der Waals surface area contributed by atoms with E-state index in [0.717, 1.165) is 0 Å². The molecule has 0 amide bonds. The van der Waals surface area contributed by atoms with Crippen LogP contribution in [0.15, 0.2) is 218 Å². The van der Waals surface area contributed by atoms with Crippen LogP contribution in [-0.4, -0.2) is 9.13 Å². The Labute approximate surface area is 357 Å². The maximum absolute atomic E-state index is 2.53. The molecule has 2 nitrogen and oxygen atoms in total. The predicted octanol–water partition coefficient (Wildman–Crippen LogP) is 16.3. The molecule has 2 aromatic heterocycles. The number of para-hydroxylation sites is 2. The average Bonchev–Trinajstić information content (AvgIpc) is 3.98. The maximum Gasteiger partial charge on any atom is 0.0619 e. The van der Waals surface area contributed by atoms with Gasteiger partial charge in [-0.3, -0.25) is 0 Å². The Hall–Kier alpha value is -8.20. The number of fused-ring (bicyclic) bond motifs is 12. The first-order valence-corrected chi connectivity index (χ1v) is 21.5. The minimum atomic E-state index is 1.17. The van der Waals surface area contributed by atoms with Crippen LogP contribution in [0.2, 0.25) is 0 Å². The summed E-state index contributed by atoms with van der Waals surface area (Å²) in [4.78, 5) is 0. The van der Waals surface area contributed by atoms with Gasteiger partial charge in [0.1, 0.15) is 0 Å². The van der Waals surface area contributed by atoms with E-state index in [1.54, 1.807) is 0 Å². The molecular weight excluding hydrogens is 749 g/mol. The molecule has 2 heterocycles. The molecule has 0 aliphatic heterocycles. The second-order valence-corrected chi connectivity index (χ2v) is 16.8. The lowest BCUT2D eigenvalue weighted by molar-refractivity contribution is 1.18. The molecule has 13 aromatic rings. The highest BCUT2D eigenvalue weighted by atomic mass is 15.0. The van der Waals surface area contributed by atoms with Gasteiger partial charge in [0.2, 0.25) is 0 Å². The van der Waals surface area contributed by atoms with Gasteiger partial charge in [0, 0.05) is 38.0 Å². The van der Waals surface area contributed by atoms with Gasteiger partial charge in [0.05, 0.1) is 27.8 Å². The maximum atomic E-state index is 2.53. The van der Waals surface area contributed by atoms with Crippen molar-refractivity contribution in [2.24, 2.45) is 0 Å². The molecule has 0 radical (unpaired) electrons. The van der Waals surface area contributed by atoms with E-state index >= 15 is 0 Å². The topological polar surface area (TPSA) is 9.86 Å². The van der Waals surface area contributed by atoms with Crippen molar-refractivity contribution < 1.29 is 0 Å². The number of hydrogen-bond acceptors (Lipinski definition) is 0. The van der Waals surface area contributed by atoms with E-state index in [4.69, 9.17) is 0 Å². The molecule has 0 atom stereocenters. The van der Waals surface area contributed by atoms with Gasteiger partial charge < -0.3 is 9.13 Å². The molecule has 11 aromatic carbocycles. The zero-order valence-electron chi connectivity index (χ0n) is 33.7. The first kappa shape index (κ1) is 33.6. The number of benzene rings is 11. The molecule has 0 saturated carbocycles. The molecule has 0 saturated heterocycles. The third kappa shape index (κ3) is 4.58. The van der Waals surface area contributed by atoms with Gasteiger partial charge in [0.15, 0.2) is 0 Å². The van der Waals surface area contributed by atoms with Crippen LogP contribution in [0.5, 0.6) is 0 Å². The zero-order chi connectivity index (χ0) is 40.5.